The molecule has 8 heteroatoms. The highest BCUT2D eigenvalue weighted by atomic mass is 19.1. The summed E-state index contributed by atoms with van der Waals surface area (Å²) < 4.78 is 24.2. The van der Waals surface area contributed by atoms with Crippen molar-refractivity contribution in [3.63, 3.8) is 0 Å². The molecule has 1 N–H and O–H groups in total. The summed E-state index contributed by atoms with van der Waals surface area (Å²) in [6.45, 7) is 0. The van der Waals surface area contributed by atoms with Gasteiger partial charge in [0.25, 0.3) is 11.8 Å². The van der Waals surface area contributed by atoms with Crippen LogP contribution in [0.4, 0.5) is 21.5 Å². The predicted octanol–water partition coefficient (Wildman–Crippen LogP) is 4.31. The van der Waals surface area contributed by atoms with Crippen molar-refractivity contribution in [2.75, 3.05) is 43.4 Å². The van der Waals surface area contributed by atoms with E-state index >= 15 is 0 Å². The van der Waals surface area contributed by atoms with E-state index in [1.54, 1.807) is 30.3 Å². The van der Waals surface area contributed by atoms with Crippen molar-refractivity contribution in [3.05, 3.63) is 83.8 Å². The number of methoxy groups -OCH3 is 2. The molecule has 1 aliphatic rings. The number of benzene rings is 3. The fourth-order valence-corrected chi connectivity index (χ4v) is 3.70. The highest BCUT2D eigenvalue weighted by Crippen LogP contribution is 2.37. The third kappa shape index (κ3) is 4.17. The Hall–Kier alpha value is -4.33. The molecule has 34 heavy (non-hydrogen) atoms. The molecular formula is C26H24FN3O4. The van der Waals surface area contributed by atoms with Crippen molar-refractivity contribution >= 4 is 34.4 Å². The molecule has 0 spiro atoms. The smallest absolute Gasteiger partial charge is 0.282 e. The number of amides is 2. The lowest BCUT2D eigenvalue weighted by Gasteiger charge is -2.18. The molecule has 7 nitrogen and oxygen atoms in total. The van der Waals surface area contributed by atoms with Crippen LogP contribution in [-0.4, -0.2) is 40.1 Å². The van der Waals surface area contributed by atoms with Crippen LogP contribution in [0, 0.1) is 5.82 Å². The van der Waals surface area contributed by atoms with E-state index in [2.05, 4.69) is 5.32 Å². The number of carbonyl (C=O) groups excluding carboxylic acids is 2. The van der Waals surface area contributed by atoms with Gasteiger partial charge in [-0.05, 0) is 54.1 Å². The summed E-state index contributed by atoms with van der Waals surface area (Å²) >= 11 is 0. The molecule has 1 heterocycles. The zero-order chi connectivity index (χ0) is 24.4. The van der Waals surface area contributed by atoms with Crippen LogP contribution < -0.4 is 24.6 Å². The molecule has 0 fully saturated rings. The molecule has 0 atom stereocenters. The summed E-state index contributed by atoms with van der Waals surface area (Å²) in [5.74, 6) is -0.474. The highest BCUT2D eigenvalue weighted by Gasteiger charge is 2.40. The van der Waals surface area contributed by atoms with Crippen LogP contribution in [0.2, 0.25) is 0 Å². The maximum atomic E-state index is 13.6. The molecule has 0 saturated heterocycles. The number of ether oxygens (including phenoxy) is 2. The average Bonchev–Trinajstić information content (AvgIpc) is 3.09. The van der Waals surface area contributed by atoms with E-state index in [1.807, 2.05) is 31.1 Å². The first kappa shape index (κ1) is 22.8. The molecule has 3 aromatic rings. The number of nitrogens with zero attached hydrogens (tertiary/aromatic N) is 2. The van der Waals surface area contributed by atoms with E-state index < -0.39 is 17.6 Å². The zero-order valence-corrected chi connectivity index (χ0v) is 19.3. The summed E-state index contributed by atoms with van der Waals surface area (Å²) in [6.07, 6.45) is 0. The van der Waals surface area contributed by atoms with E-state index in [0.29, 0.717) is 28.4 Å². The topological polar surface area (TPSA) is 71.1 Å². The minimum atomic E-state index is -0.528. The largest absolute Gasteiger partial charge is 0.497 e. The first-order valence-corrected chi connectivity index (χ1v) is 10.5. The number of carbonyl (C=O) groups is 2. The molecule has 174 valence electrons. The third-order valence-electron chi connectivity index (χ3n) is 5.51. The number of hydrogen-bond donors (Lipinski definition) is 1. The van der Waals surface area contributed by atoms with E-state index in [9.17, 15) is 14.0 Å². The zero-order valence-electron chi connectivity index (χ0n) is 19.3. The third-order valence-corrected chi connectivity index (χ3v) is 5.51. The monoisotopic (exact) mass is 461 g/mol. The van der Waals surface area contributed by atoms with Gasteiger partial charge in [0, 0.05) is 25.8 Å². The van der Waals surface area contributed by atoms with Crippen molar-refractivity contribution in [2.45, 2.75) is 0 Å². The number of imide groups is 1. The Balaban J connectivity index is 1.80. The molecule has 4 rings (SSSR count). The summed E-state index contributed by atoms with van der Waals surface area (Å²) in [5, 5.41) is 3.07. The van der Waals surface area contributed by atoms with Gasteiger partial charge in [-0.2, -0.15) is 0 Å². The van der Waals surface area contributed by atoms with Crippen molar-refractivity contribution in [1.29, 1.82) is 0 Å². The minimum absolute atomic E-state index is 0.0664. The minimum Gasteiger partial charge on any atom is -0.497 e. The van der Waals surface area contributed by atoms with Crippen LogP contribution in [0.25, 0.3) is 5.57 Å². The Morgan fingerprint density at radius 2 is 1.53 bits per heavy atom. The molecule has 0 saturated carbocycles. The van der Waals surface area contributed by atoms with Crippen LogP contribution in [0.15, 0.2) is 72.4 Å². The SMILES string of the molecule is COc1ccc(NC2=C(c3ccc(F)cc3)C(=O)N(c3ccc(N(C)C)cc3)C2=O)c(OC)c1. The molecule has 1 aliphatic heterocycles. The lowest BCUT2D eigenvalue weighted by molar-refractivity contribution is -0.120. The van der Waals surface area contributed by atoms with Crippen LogP contribution >= 0.6 is 0 Å². The molecule has 2 amide bonds. The molecule has 3 aromatic carbocycles. The van der Waals surface area contributed by atoms with Crippen LogP contribution in [-0.2, 0) is 9.59 Å². The first-order chi connectivity index (χ1) is 16.3. The molecular weight excluding hydrogens is 437 g/mol. The van der Waals surface area contributed by atoms with Gasteiger partial charge in [0.15, 0.2) is 0 Å². The second-order valence-electron chi connectivity index (χ2n) is 7.80. The van der Waals surface area contributed by atoms with Crippen molar-refractivity contribution in [1.82, 2.24) is 0 Å². The number of hydrogen-bond acceptors (Lipinski definition) is 6. The maximum absolute atomic E-state index is 13.6. The van der Waals surface area contributed by atoms with Crippen LogP contribution in [0.3, 0.4) is 0 Å². The summed E-state index contributed by atoms with van der Waals surface area (Å²) in [5.41, 5.74) is 2.46. The molecule has 0 aliphatic carbocycles. The molecule has 0 bridgehead atoms. The first-order valence-electron chi connectivity index (χ1n) is 10.5. The normalized spacial score (nSPS) is 13.4. The highest BCUT2D eigenvalue weighted by molar-refractivity contribution is 6.46. The number of rotatable bonds is 7. The lowest BCUT2D eigenvalue weighted by Crippen LogP contribution is -2.32. The van der Waals surface area contributed by atoms with E-state index in [-0.39, 0.29) is 11.3 Å². The van der Waals surface area contributed by atoms with Gasteiger partial charge in [0.1, 0.15) is 23.0 Å². The number of halogens is 1. The Morgan fingerprint density at radius 1 is 0.853 bits per heavy atom. The Morgan fingerprint density at radius 3 is 2.12 bits per heavy atom. The number of anilines is 3. The number of nitrogens with one attached hydrogen (secondary N) is 1. The predicted molar refractivity (Wildman–Crippen MR) is 130 cm³/mol. The summed E-state index contributed by atoms with van der Waals surface area (Å²) in [4.78, 5) is 30.1. The van der Waals surface area contributed by atoms with E-state index in [0.717, 1.165) is 10.6 Å². The van der Waals surface area contributed by atoms with Crippen LogP contribution in [0.1, 0.15) is 5.56 Å². The summed E-state index contributed by atoms with van der Waals surface area (Å²) in [6, 6.07) is 17.6. The van der Waals surface area contributed by atoms with Crippen molar-refractivity contribution in [2.24, 2.45) is 0 Å². The van der Waals surface area contributed by atoms with Gasteiger partial charge in [-0.15, -0.1) is 0 Å². The standard InChI is InChI=1S/C26H24FN3O4/c1-29(2)18-9-11-19(12-10-18)30-25(31)23(16-5-7-17(27)8-6-16)24(26(30)32)28-21-14-13-20(33-3)15-22(21)34-4/h5-15,28H,1-4H3. The van der Waals surface area contributed by atoms with Gasteiger partial charge in [0.05, 0.1) is 31.2 Å². The van der Waals surface area contributed by atoms with Gasteiger partial charge in [-0.1, -0.05) is 12.1 Å². The van der Waals surface area contributed by atoms with Crippen LogP contribution in [0.5, 0.6) is 11.5 Å². The van der Waals surface area contributed by atoms with Gasteiger partial charge in [0.2, 0.25) is 0 Å². The quantitative estimate of drug-likeness (QED) is 0.529. The molecule has 0 aromatic heterocycles. The maximum Gasteiger partial charge on any atom is 0.282 e. The van der Waals surface area contributed by atoms with Crippen molar-refractivity contribution < 1.29 is 23.5 Å². The Labute approximate surface area is 197 Å². The fraction of sp³-hybridized carbons (Fsp3) is 0.154. The Kier molecular flexibility index (Phi) is 6.23. The average molecular weight is 461 g/mol. The summed E-state index contributed by atoms with van der Waals surface area (Å²) in [7, 11) is 6.84. The van der Waals surface area contributed by atoms with Gasteiger partial charge >= 0.3 is 0 Å². The second-order valence-corrected chi connectivity index (χ2v) is 7.80. The molecule has 0 unspecified atom stereocenters. The Bertz CT molecular complexity index is 1270. The lowest BCUT2D eigenvalue weighted by atomic mass is 10.0. The van der Waals surface area contributed by atoms with E-state index in [1.165, 1.54) is 38.5 Å². The van der Waals surface area contributed by atoms with Gasteiger partial charge in [-0.3, -0.25) is 9.59 Å². The molecule has 0 radical (unpaired) electrons. The van der Waals surface area contributed by atoms with Crippen molar-refractivity contribution in [3.8, 4) is 11.5 Å². The van der Waals surface area contributed by atoms with Gasteiger partial charge < -0.3 is 19.7 Å². The fourth-order valence-electron chi connectivity index (χ4n) is 3.70. The van der Waals surface area contributed by atoms with Gasteiger partial charge in [-0.25, -0.2) is 9.29 Å². The second kappa shape index (κ2) is 9.27. The van der Waals surface area contributed by atoms with E-state index in [4.69, 9.17) is 9.47 Å².